The van der Waals surface area contributed by atoms with E-state index in [0.29, 0.717) is 15.9 Å². The van der Waals surface area contributed by atoms with Gasteiger partial charge in [-0.15, -0.1) is 0 Å². The summed E-state index contributed by atoms with van der Waals surface area (Å²) in [4.78, 5) is 7.75. The Labute approximate surface area is 147 Å². The maximum atomic E-state index is 6.04. The van der Waals surface area contributed by atoms with Crippen molar-refractivity contribution in [3.8, 4) is 28.5 Å². The normalized spacial score (nSPS) is 11.1. The first kappa shape index (κ1) is 15.1. The van der Waals surface area contributed by atoms with E-state index in [9.17, 15) is 0 Å². The molecule has 0 unspecified atom stereocenters. The average Bonchev–Trinajstić information content (AvgIpc) is 3.22. The third kappa shape index (κ3) is 2.62. The largest absolute Gasteiger partial charge is 0.497 e. The summed E-state index contributed by atoms with van der Waals surface area (Å²) in [6, 6.07) is 13.1. The summed E-state index contributed by atoms with van der Waals surface area (Å²) < 4.78 is 5.17. The predicted octanol–water partition coefficient (Wildman–Crippen LogP) is 4.94. The molecule has 2 aromatic heterocycles. The Hall–Kier alpha value is -2.50. The van der Waals surface area contributed by atoms with Crippen LogP contribution in [0, 0.1) is 0 Å². The van der Waals surface area contributed by atoms with Crippen molar-refractivity contribution in [2.75, 3.05) is 7.11 Å². The van der Waals surface area contributed by atoms with Crippen LogP contribution in [0.1, 0.15) is 0 Å². The SMILES string of the molecule is COc1ccc(-c2cc(-c3nc4cc(Cl)c(Cl)cc4[nH]3)[nH]n2)cc1. The fourth-order valence-corrected chi connectivity index (χ4v) is 2.81. The van der Waals surface area contributed by atoms with Crippen molar-refractivity contribution in [3.63, 3.8) is 0 Å². The van der Waals surface area contributed by atoms with E-state index in [1.165, 1.54) is 0 Å². The van der Waals surface area contributed by atoms with Gasteiger partial charge in [-0.05, 0) is 42.5 Å². The maximum Gasteiger partial charge on any atom is 0.156 e. The van der Waals surface area contributed by atoms with Crippen LogP contribution in [0.5, 0.6) is 5.75 Å². The summed E-state index contributed by atoms with van der Waals surface area (Å²) in [6.07, 6.45) is 0. The second-order valence-corrected chi connectivity index (χ2v) is 6.08. The van der Waals surface area contributed by atoms with E-state index in [0.717, 1.165) is 33.7 Å². The summed E-state index contributed by atoms with van der Waals surface area (Å²) in [5, 5.41) is 8.31. The molecule has 0 fully saturated rings. The average molecular weight is 359 g/mol. The molecule has 0 saturated carbocycles. The monoisotopic (exact) mass is 358 g/mol. The number of nitrogens with one attached hydrogen (secondary N) is 2. The summed E-state index contributed by atoms with van der Waals surface area (Å²) >= 11 is 12.1. The van der Waals surface area contributed by atoms with Gasteiger partial charge in [0.05, 0.1) is 33.9 Å². The smallest absolute Gasteiger partial charge is 0.156 e. The van der Waals surface area contributed by atoms with Gasteiger partial charge in [-0.3, -0.25) is 5.10 Å². The Bertz CT molecular complexity index is 982. The molecule has 0 saturated heterocycles. The lowest BCUT2D eigenvalue weighted by Crippen LogP contribution is -1.82. The fraction of sp³-hybridized carbons (Fsp3) is 0.0588. The van der Waals surface area contributed by atoms with Gasteiger partial charge in [0.2, 0.25) is 0 Å². The number of H-pyrrole nitrogens is 2. The zero-order chi connectivity index (χ0) is 16.7. The number of benzene rings is 2. The molecule has 7 heteroatoms. The molecule has 0 aliphatic carbocycles. The number of aromatic amines is 2. The minimum atomic E-state index is 0.478. The molecule has 0 aliphatic rings. The highest BCUT2D eigenvalue weighted by Gasteiger charge is 2.11. The molecule has 0 bridgehead atoms. The van der Waals surface area contributed by atoms with Crippen molar-refractivity contribution in [1.29, 1.82) is 0 Å². The van der Waals surface area contributed by atoms with Gasteiger partial charge in [-0.2, -0.15) is 5.10 Å². The molecule has 4 rings (SSSR count). The second kappa shape index (κ2) is 5.85. The maximum absolute atomic E-state index is 6.04. The van der Waals surface area contributed by atoms with Crippen LogP contribution in [0.3, 0.4) is 0 Å². The number of halogens is 2. The Morgan fingerprint density at radius 2 is 1.75 bits per heavy atom. The molecule has 2 N–H and O–H groups in total. The number of imidazole rings is 1. The molecule has 2 heterocycles. The third-order valence-corrected chi connectivity index (χ3v) is 4.46. The van der Waals surface area contributed by atoms with Crippen molar-refractivity contribution in [2.24, 2.45) is 0 Å². The molecule has 4 aromatic rings. The minimum absolute atomic E-state index is 0.478. The van der Waals surface area contributed by atoms with E-state index in [1.807, 2.05) is 30.3 Å². The number of ether oxygens (including phenoxy) is 1. The number of aromatic nitrogens is 4. The standard InChI is InChI=1S/C17H12Cl2N4O/c1-24-10-4-2-9(3-5-10)13-8-16(23-22-13)17-20-14-6-11(18)12(19)7-15(14)21-17/h2-8H,1H3,(H,20,21)(H,22,23). The molecule has 0 spiro atoms. The van der Waals surface area contributed by atoms with Crippen LogP contribution < -0.4 is 4.74 Å². The number of hydrogen-bond acceptors (Lipinski definition) is 3. The third-order valence-electron chi connectivity index (χ3n) is 3.74. The lowest BCUT2D eigenvalue weighted by molar-refractivity contribution is 0.415. The quantitative estimate of drug-likeness (QED) is 0.545. The van der Waals surface area contributed by atoms with Crippen molar-refractivity contribution < 1.29 is 4.74 Å². The van der Waals surface area contributed by atoms with Crippen molar-refractivity contribution in [3.05, 3.63) is 52.5 Å². The topological polar surface area (TPSA) is 66.6 Å². The molecule has 0 atom stereocenters. The van der Waals surface area contributed by atoms with Gasteiger partial charge >= 0.3 is 0 Å². The summed E-state index contributed by atoms with van der Waals surface area (Å²) in [7, 11) is 1.64. The molecular weight excluding hydrogens is 347 g/mol. The second-order valence-electron chi connectivity index (χ2n) is 5.26. The number of hydrogen-bond donors (Lipinski definition) is 2. The minimum Gasteiger partial charge on any atom is -0.497 e. The summed E-state index contributed by atoms with van der Waals surface area (Å²) in [5.74, 6) is 1.48. The van der Waals surface area contributed by atoms with E-state index in [4.69, 9.17) is 27.9 Å². The first-order valence-electron chi connectivity index (χ1n) is 7.19. The van der Waals surface area contributed by atoms with Gasteiger partial charge in [-0.1, -0.05) is 23.2 Å². The predicted molar refractivity (Wildman–Crippen MR) is 95.7 cm³/mol. The van der Waals surface area contributed by atoms with Crippen LogP contribution in [0.25, 0.3) is 33.8 Å². The highest BCUT2D eigenvalue weighted by Crippen LogP contribution is 2.29. The zero-order valence-corrected chi connectivity index (χ0v) is 14.1. The van der Waals surface area contributed by atoms with Gasteiger partial charge < -0.3 is 9.72 Å². The van der Waals surface area contributed by atoms with Gasteiger partial charge in [-0.25, -0.2) is 4.98 Å². The van der Waals surface area contributed by atoms with Gasteiger partial charge in [0.1, 0.15) is 11.4 Å². The molecule has 0 amide bonds. The van der Waals surface area contributed by atoms with Crippen LogP contribution in [-0.4, -0.2) is 27.3 Å². The van der Waals surface area contributed by atoms with Crippen LogP contribution in [0.4, 0.5) is 0 Å². The molecular formula is C17H12Cl2N4O. The van der Waals surface area contributed by atoms with Crippen LogP contribution in [0.2, 0.25) is 10.0 Å². The Morgan fingerprint density at radius 3 is 2.50 bits per heavy atom. The number of rotatable bonds is 3. The summed E-state index contributed by atoms with van der Waals surface area (Å²) in [6.45, 7) is 0. The Morgan fingerprint density at radius 1 is 1.00 bits per heavy atom. The first-order valence-corrected chi connectivity index (χ1v) is 7.94. The zero-order valence-electron chi connectivity index (χ0n) is 12.6. The van der Waals surface area contributed by atoms with Crippen molar-refractivity contribution >= 4 is 34.2 Å². The Balaban J connectivity index is 1.71. The van der Waals surface area contributed by atoms with Gasteiger partial charge in [0, 0.05) is 5.56 Å². The van der Waals surface area contributed by atoms with E-state index in [-0.39, 0.29) is 0 Å². The fourth-order valence-electron chi connectivity index (χ4n) is 2.49. The summed E-state index contributed by atoms with van der Waals surface area (Å²) in [5.41, 5.74) is 4.16. The van der Waals surface area contributed by atoms with E-state index in [1.54, 1.807) is 19.2 Å². The number of fused-ring (bicyclic) bond motifs is 1. The first-order chi connectivity index (χ1) is 11.6. The van der Waals surface area contributed by atoms with Crippen molar-refractivity contribution in [1.82, 2.24) is 20.2 Å². The molecule has 24 heavy (non-hydrogen) atoms. The van der Waals surface area contributed by atoms with Crippen LogP contribution >= 0.6 is 23.2 Å². The van der Waals surface area contributed by atoms with E-state index >= 15 is 0 Å². The molecule has 5 nitrogen and oxygen atoms in total. The van der Waals surface area contributed by atoms with Gasteiger partial charge in [0.25, 0.3) is 0 Å². The van der Waals surface area contributed by atoms with E-state index in [2.05, 4.69) is 20.2 Å². The van der Waals surface area contributed by atoms with Crippen LogP contribution in [-0.2, 0) is 0 Å². The molecule has 2 aromatic carbocycles. The molecule has 0 aliphatic heterocycles. The highest BCUT2D eigenvalue weighted by molar-refractivity contribution is 6.42. The lowest BCUT2D eigenvalue weighted by Gasteiger charge is -1.99. The molecule has 0 radical (unpaired) electrons. The Kier molecular flexibility index (Phi) is 3.67. The van der Waals surface area contributed by atoms with Crippen LogP contribution in [0.15, 0.2) is 42.5 Å². The van der Waals surface area contributed by atoms with E-state index < -0.39 is 0 Å². The van der Waals surface area contributed by atoms with Crippen molar-refractivity contribution in [2.45, 2.75) is 0 Å². The number of nitrogens with zero attached hydrogens (tertiary/aromatic N) is 2. The number of methoxy groups -OCH3 is 1. The molecule has 120 valence electrons. The highest BCUT2D eigenvalue weighted by atomic mass is 35.5. The lowest BCUT2D eigenvalue weighted by atomic mass is 10.1. The van der Waals surface area contributed by atoms with Gasteiger partial charge in [0.15, 0.2) is 5.82 Å².